The summed E-state index contributed by atoms with van der Waals surface area (Å²) in [7, 11) is 0. The molecule has 2 heterocycles. The van der Waals surface area contributed by atoms with Gasteiger partial charge in [-0.25, -0.2) is 9.97 Å². The van der Waals surface area contributed by atoms with E-state index in [4.69, 9.17) is 0 Å². The third-order valence-corrected chi connectivity index (χ3v) is 4.26. The molecule has 1 aromatic rings. The Morgan fingerprint density at radius 1 is 1.36 bits per heavy atom. The van der Waals surface area contributed by atoms with Crippen LogP contribution in [0.3, 0.4) is 0 Å². The molecular formula is C17H28N4O. The quantitative estimate of drug-likeness (QED) is 0.875. The van der Waals surface area contributed by atoms with Crippen molar-refractivity contribution in [2.45, 2.75) is 58.9 Å². The van der Waals surface area contributed by atoms with Gasteiger partial charge in [-0.15, -0.1) is 0 Å². The molecule has 1 aliphatic rings. The number of piperidine rings is 1. The molecule has 0 spiro atoms. The number of nitrogens with zero attached hydrogens (tertiary/aromatic N) is 3. The van der Waals surface area contributed by atoms with Crippen molar-refractivity contribution in [3.8, 4) is 0 Å². The third kappa shape index (κ3) is 4.42. The van der Waals surface area contributed by atoms with Crippen molar-refractivity contribution in [2.24, 2.45) is 5.92 Å². The Morgan fingerprint density at radius 3 is 2.73 bits per heavy atom. The molecule has 0 aromatic carbocycles. The molecule has 5 nitrogen and oxygen atoms in total. The zero-order chi connectivity index (χ0) is 15.9. The SMILES string of the molecule is CCC1CCCCN1C(=O)c1cnc(NCCC(C)C)nc1. The summed E-state index contributed by atoms with van der Waals surface area (Å²) < 4.78 is 0. The summed E-state index contributed by atoms with van der Waals surface area (Å²) in [6.45, 7) is 8.23. The maximum absolute atomic E-state index is 12.6. The van der Waals surface area contributed by atoms with Crippen molar-refractivity contribution in [3.05, 3.63) is 18.0 Å². The van der Waals surface area contributed by atoms with Gasteiger partial charge in [0, 0.05) is 31.5 Å². The van der Waals surface area contributed by atoms with E-state index in [0.29, 0.717) is 23.5 Å². The standard InChI is InChI=1S/C17H28N4O/c1-4-15-7-5-6-10-21(15)16(22)14-11-19-17(20-12-14)18-9-8-13(2)3/h11-13,15H,4-10H2,1-3H3,(H,18,19,20). The second kappa shape index (κ2) is 8.11. The zero-order valence-electron chi connectivity index (χ0n) is 14.0. The fraction of sp³-hybridized carbons (Fsp3) is 0.706. The normalized spacial score (nSPS) is 18.5. The molecule has 2 rings (SSSR count). The lowest BCUT2D eigenvalue weighted by molar-refractivity contribution is 0.0607. The predicted octanol–water partition coefficient (Wildman–Crippen LogP) is 3.34. The highest BCUT2D eigenvalue weighted by molar-refractivity contribution is 5.94. The molecule has 1 saturated heterocycles. The number of rotatable bonds is 6. The first-order valence-electron chi connectivity index (χ1n) is 8.48. The minimum atomic E-state index is 0.0697. The molecular weight excluding hydrogens is 276 g/mol. The average molecular weight is 304 g/mol. The van der Waals surface area contributed by atoms with Crippen LogP contribution < -0.4 is 5.32 Å². The number of anilines is 1. The van der Waals surface area contributed by atoms with Crippen molar-refractivity contribution in [1.82, 2.24) is 14.9 Å². The second-order valence-corrected chi connectivity index (χ2v) is 6.46. The van der Waals surface area contributed by atoms with E-state index in [-0.39, 0.29) is 5.91 Å². The summed E-state index contributed by atoms with van der Waals surface area (Å²) in [4.78, 5) is 23.1. The van der Waals surface area contributed by atoms with E-state index in [1.807, 2.05) is 4.90 Å². The number of nitrogens with one attached hydrogen (secondary N) is 1. The van der Waals surface area contributed by atoms with E-state index in [9.17, 15) is 4.79 Å². The molecule has 1 aromatic heterocycles. The van der Waals surface area contributed by atoms with Gasteiger partial charge in [-0.2, -0.15) is 0 Å². The van der Waals surface area contributed by atoms with Gasteiger partial charge in [-0.05, 0) is 38.0 Å². The fourth-order valence-electron chi connectivity index (χ4n) is 2.86. The molecule has 0 saturated carbocycles. The van der Waals surface area contributed by atoms with Gasteiger partial charge in [0.1, 0.15) is 0 Å². The van der Waals surface area contributed by atoms with Gasteiger partial charge in [0.15, 0.2) is 0 Å². The van der Waals surface area contributed by atoms with E-state index in [2.05, 4.69) is 36.1 Å². The Hall–Kier alpha value is -1.65. The summed E-state index contributed by atoms with van der Waals surface area (Å²) in [6, 6.07) is 0.366. The first-order valence-corrected chi connectivity index (χ1v) is 8.48. The van der Waals surface area contributed by atoms with Gasteiger partial charge in [-0.1, -0.05) is 20.8 Å². The minimum absolute atomic E-state index is 0.0697. The maximum Gasteiger partial charge on any atom is 0.257 e. The largest absolute Gasteiger partial charge is 0.354 e. The molecule has 1 unspecified atom stereocenters. The molecule has 1 atom stereocenters. The number of hydrogen-bond donors (Lipinski definition) is 1. The van der Waals surface area contributed by atoms with Crippen LogP contribution in [0.4, 0.5) is 5.95 Å². The van der Waals surface area contributed by atoms with Crippen LogP contribution in [0.25, 0.3) is 0 Å². The lowest BCUT2D eigenvalue weighted by Gasteiger charge is -2.35. The highest BCUT2D eigenvalue weighted by Gasteiger charge is 2.26. The topological polar surface area (TPSA) is 58.1 Å². The number of amides is 1. The van der Waals surface area contributed by atoms with Gasteiger partial charge < -0.3 is 10.2 Å². The molecule has 1 N–H and O–H groups in total. The Bertz CT molecular complexity index is 472. The number of carbonyl (C=O) groups excluding carboxylic acids is 1. The van der Waals surface area contributed by atoms with Crippen LogP contribution in [0.5, 0.6) is 0 Å². The van der Waals surface area contributed by atoms with Crippen LogP contribution in [0.2, 0.25) is 0 Å². The van der Waals surface area contributed by atoms with Crippen molar-refractivity contribution in [2.75, 3.05) is 18.4 Å². The van der Waals surface area contributed by atoms with E-state index < -0.39 is 0 Å². The maximum atomic E-state index is 12.6. The van der Waals surface area contributed by atoms with Crippen molar-refractivity contribution in [3.63, 3.8) is 0 Å². The molecule has 1 fully saturated rings. The molecule has 0 aliphatic carbocycles. The molecule has 122 valence electrons. The van der Waals surface area contributed by atoms with Gasteiger partial charge >= 0.3 is 0 Å². The average Bonchev–Trinajstić information content (AvgIpc) is 2.54. The van der Waals surface area contributed by atoms with Crippen LogP contribution >= 0.6 is 0 Å². The molecule has 22 heavy (non-hydrogen) atoms. The zero-order valence-corrected chi connectivity index (χ0v) is 14.0. The number of carbonyl (C=O) groups is 1. The van der Waals surface area contributed by atoms with Crippen molar-refractivity contribution < 1.29 is 4.79 Å². The van der Waals surface area contributed by atoms with Crippen LogP contribution in [0.15, 0.2) is 12.4 Å². The van der Waals surface area contributed by atoms with E-state index >= 15 is 0 Å². The van der Waals surface area contributed by atoms with Crippen LogP contribution in [0, 0.1) is 5.92 Å². The summed E-state index contributed by atoms with van der Waals surface area (Å²) in [5.41, 5.74) is 0.592. The lowest BCUT2D eigenvalue weighted by atomic mass is 9.99. The summed E-state index contributed by atoms with van der Waals surface area (Å²) in [5.74, 6) is 1.32. The first-order chi connectivity index (χ1) is 10.6. The van der Waals surface area contributed by atoms with E-state index in [1.54, 1.807) is 12.4 Å². The smallest absolute Gasteiger partial charge is 0.257 e. The summed E-state index contributed by atoms with van der Waals surface area (Å²) in [6.07, 6.45) is 8.81. The van der Waals surface area contributed by atoms with Crippen LogP contribution in [-0.4, -0.2) is 39.9 Å². The highest BCUT2D eigenvalue weighted by atomic mass is 16.2. The molecule has 1 amide bonds. The number of aromatic nitrogens is 2. The van der Waals surface area contributed by atoms with Gasteiger partial charge in [0.25, 0.3) is 5.91 Å². The predicted molar refractivity (Wildman–Crippen MR) is 88.9 cm³/mol. The fourth-order valence-corrected chi connectivity index (χ4v) is 2.86. The number of hydrogen-bond acceptors (Lipinski definition) is 4. The van der Waals surface area contributed by atoms with Crippen molar-refractivity contribution in [1.29, 1.82) is 0 Å². The summed E-state index contributed by atoms with van der Waals surface area (Å²) >= 11 is 0. The highest BCUT2D eigenvalue weighted by Crippen LogP contribution is 2.21. The van der Waals surface area contributed by atoms with E-state index in [1.165, 1.54) is 6.42 Å². The van der Waals surface area contributed by atoms with Gasteiger partial charge in [-0.3, -0.25) is 4.79 Å². The molecule has 1 aliphatic heterocycles. The van der Waals surface area contributed by atoms with Crippen LogP contribution in [0.1, 0.15) is 63.2 Å². The molecule has 0 radical (unpaired) electrons. The van der Waals surface area contributed by atoms with Crippen molar-refractivity contribution >= 4 is 11.9 Å². The van der Waals surface area contributed by atoms with Gasteiger partial charge in [0.05, 0.1) is 5.56 Å². The molecule has 0 bridgehead atoms. The Balaban J connectivity index is 1.95. The Kier molecular flexibility index (Phi) is 6.16. The first kappa shape index (κ1) is 16.7. The minimum Gasteiger partial charge on any atom is -0.354 e. The van der Waals surface area contributed by atoms with Gasteiger partial charge in [0.2, 0.25) is 5.95 Å². The molecule has 5 heteroatoms. The van der Waals surface area contributed by atoms with E-state index in [0.717, 1.165) is 38.8 Å². The third-order valence-electron chi connectivity index (χ3n) is 4.26. The lowest BCUT2D eigenvalue weighted by Crippen LogP contribution is -2.43. The van der Waals surface area contributed by atoms with Crippen LogP contribution in [-0.2, 0) is 0 Å². The Morgan fingerprint density at radius 2 is 2.09 bits per heavy atom. The number of likely N-dealkylation sites (tertiary alicyclic amines) is 1. The monoisotopic (exact) mass is 304 g/mol. The Labute approximate surface area is 133 Å². The summed E-state index contributed by atoms with van der Waals surface area (Å²) in [5, 5.41) is 3.19. The second-order valence-electron chi connectivity index (χ2n) is 6.46.